The summed E-state index contributed by atoms with van der Waals surface area (Å²) >= 11 is 0. The highest BCUT2D eigenvalue weighted by Crippen LogP contribution is 2.34. The molecule has 2 aromatic rings. The summed E-state index contributed by atoms with van der Waals surface area (Å²) in [7, 11) is 0. The molecule has 3 rings (SSSR count). The number of unbranched alkanes of at least 4 members (excludes halogenated alkanes) is 1. The summed E-state index contributed by atoms with van der Waals surface area (Å²) < 4.78 is 11.2. The molecule has 6 heteroatoms. The van der Waals surface area contributed by atoms with Crippen LogP contribution in [0, 0.1) is 13.8 Å². The van der Waals surface area contributed by atoms with Crippen LogP contribution < -0.4 is 19.7 Å². The lowest BCUT2D eigenvalue weighted by molar-refractivity contribution is -0.121. The largest absolute Gasteiger partial charge is 0.483 e. The highest BCUT2D eigenvalue weighted by atomic mass is 16.5. The van der Waals surface area contributed by atoms with E-state index < -0.39 is 0 Å². The number of amides is 2. The molecule has 28 heavy (non-hydrogen) atoms. The average Bonchev–Trinajstić information content (AvgIpc) is 2.68. The molecular weight excluding hydrogens is 356 g/mol. The smallest absolute Gasteiger partial charge is 0.265 e. The third-order valence-corrected chi connectivity index (χ3v) is 4.83. The number of hydrogen-bond donors (Lipinski definition) is 1. The molecular formula is C22H26N2O4. The van der Waals surface area contributed by atoms with Crippen molar-refractivity contribution in [3.05, 3.63) is 47.5 Å². The summed E-state index contributed by atoms with van der Waals surface area (Å²) in [6, 6.07) is 11.1. The second-order valence-electron chi connectivity index (χ2n) is 6.91. The topological polar surface area (TPSA) is 67.9 Å². The van der Waals surface area contributed by atoms with Crippen LogP contribution in [-0.4, -0.2) is 31.6 Å². The van der Waals surface area contributed by atoms with Crippen LogP contribution in [0.5, 0.6) is 11.5 Å². The molecule has 0 aliphatic carbocycles. The van der Waals surface area contributed by atoms with Crippen molar-refractivity contribution < 1.29 is 19.1 Å². The van der Waals surface area contributed by atoms with E-state index in [-0.39, 0.29) is 25.0 Å². The Morgan fingerprint density at radius 1 is 1.25 bits per heavy atom. The fourth-order valence-electron chi connectivity index (χ4n) is 3.06. The van der Waals surface area contributed by atoms with Crippen LogP contribution in [0.15, 0.2) is 36.4 Å². The first kappa shape index (κ1) is 19.7. The maximum Gasteiger partial charge on any atom is 0.265 e. The van der Waals surface area contributed by atoms with Crippen molar-refractivity contribution in [2.45, 2.75) is 33.6 Å². The Balaban J connectivity index is 1.67. The Bertz CT molecular complexity index is 879. The van der Waals surface area contributed by atoms with Gasteiger partial charge in [-0.3, -0.25) is 9.59 Å². The zero-order valence-corrected chi connectivity index (χ0v) is 16.6. The van der Waals surface area contributed by atoms with Gasteiger partial charge in [0.15, 0.2) is 13.2 Å². The summed E-state index contributed by atoms with van der Waals surface area (Å²) in [6.45, 7) is 6.65. The van der Waals surface area contributed by atoms with Gasteiger partial charge in [0.1, 0.15) is 11.5 Å². The van der Waals surface area contributed by atoms with Crippen LogP contribution in [0.1, 0.15) is 30.9 Å². The number of anilines is 2. The van der Waals surface area contributed by atoms with Gasteiger partial charge in [-0.2, -0.15) is 0 Å². The number of fused-ring (bicyclic) bond motifs is 1. The summed E-state index contributed by atoms with van der Waals surface area (Å²) in [4.78, 5) is 26.3. The minimum absolute atomic E-state index is 0.0477. The Kier molecular flexibility index (Phi) is 6.19. The van der Waals surface area contributed by atoms with E-state index in [0.717, 1.165) is 24.0 Å². The molecule has 0 saturated carbocycles. The lowest BCUT2D eigenvalue weighted by atomic mass is 10.1. The van der Waals surface area contributed by atoms with Crippen molar-refractivity contribution in [3.8, 4) is 11.5 Å². The molecule has 148 valence electrons. The highest BCUT2D eigenvalue weighted by Gasteiger charge is 2.25. The zero-order chi connectivity index (χ0) is 20.1. The van der Waals surface area contributed by atoms with Crippen LogP contribution in [0.2, 0.25) is 0 Å². The second kappa shape index (κ2) is 8.78. The van der Waals surface area contributed by atoms with Gasteiger partial charge >= 0.3 is 0 Å². The predicted octanol–water partition coefficient (Wildman–Crippen LogP) is 3.85. The van der Waals surface area contributed by atoms with Gasteiger partial charge in [0.2, 0.25) is 0 Å². The van der Waals surface area contributed by atoms with E-state index in [0.29, 0.717) is 29.4 Å². The molecule has 1 N–H and O–H groups in total. The molecule has 2 aromatic carbocycles. The molecule has 0 fully saturated rings. The number of nitrogens with one attached hydrogen (secondary N) is 1. The van der Waals surface area contributed by atoms with Crippen LogP contribution in [0.25, 0.3) is 0 Å². The number of aryl methyl sites for hydroxylation is 1. The molecule has 1 heterocycles. The molecule has 0 saturated heterocycles. The van der Waals surface area contributed by atoms with Crippen molar-refractivity contribution in [3.63, 3.8) is 0 Å². The standard InChI is InChI=1S/C22H26N2O4/c1-4-5-11-24-18-12-17(9-10-20(18)28-14-22(24)26)23-21(25)13-27-19-8-6-7-15(2)16(19)3/h6-10,12H,4-5,11,13-14H2,1-3H3,(H,23,25). The van der Waals surface area contributed by atoms with E-state index in [1.807, 2.05) is 32.0 Å². The molecule has 6 nitrogen and oxygen atoms in total. The van der Waals surface area contributed by atoms with Crippen molar-refractivity contribution in [2.75, 3.05) is 30.0 Å². The Labute approximate surface area is 165 Å². The maximum atomic E-state index is 12.3. The van der Waals surface area contributed by atoms with E-state index in [9.17, 15) is 9.59 Å². The van der Waals surface area contributed by atoms with Crippen LogP contribution in [0.3, 0.4) is 0 Å². The van der Waals surface area contributed by atoms with E-state index in [1.165, 1.54) is 0 Å². The fourth-order valence-corrected chi connectivity index (χ4v) is 3.06. The third-order valence-electron chi connectivity index (χ3n) is 4.83. The minimum Gasteiger partial charge on any atom is -0.483 e. The lowest BCUT2D eigenvalue weighted by Crippen LogP contribution is -2.39. The maximum absolute atomic E-state index is 12.3. The molecule has 0 atom stereocenters. The van der Waals surface area contributed by atoms with E-state index in [4.69, 9.17) is 9.47 Å². The third kappa shape index (κ3) is 4.44. The molecule has 0 aromatic heterocycles. The van der Waals surface area contributed by atoms with Gasteiger partial charge in [-0.1, -0.05) is 25.5 Å². The minimum atomic E-state index is -0.260. The van der Waals surface area contributed by atoms with Gasteiger partial charge in [-0.15, -0.1) is 0 Å². The summed E-state index contributed by atoms with van der Waals surface area (Å²) in [5, 5.41) is 2.83. The first-order valence-electron chi connectivity index (χ1n) is 9.55. The number of hydrogen-bond acceptors (Lipinski definition) is 4. The number of nitrogens with zero attached hydrogens (tertiary/aromatic N) is 1. The predicted molar refractivity (Wildman–Crippen MR) is 109 cm³/mol. The van der Waals surface area contributed by atoms with Crippen molar-refractivity contribution in [1.29, 1.82) is 0 Å². The van der Waals surface area contributed by atoms with Gasteiger partial charge < -0.3 is 19.7 Å². The molecule has 2 amide bonds. The van der Waals surface area contributed by atoms with Crippen LogP contribution >= 0.6 is 0 Å². The number of ether oxygens (including phenoxy) is 2. The molecule has 0 unspecified atom stereocenters. The van der Waals surface area contributed by atoms with Gasteiger partial charge in [-0.05, 0) is 55.7 Å². The number of carbonyl (C=O) groups excluding carboxylic acids is 2. The van der Waals surface area contributed by atoms with Crippen molar-refractivity contribution in [1.82, 2.24) is 0 Å². The van der Waals surface area contributed by atoms with E-state index in [2.05, 4.69) is 12.2 Å². The van der Waals surface area contributed by atoms with Crippen molar-refractivity contribution >= 4 is 23.2 Å². The average molecular weight is 382 g/mol. The van der Waals surface area contributed by atoms with E-state index in [1.54, 1.807) is 23.1 Å². The van der Waals surface area contributed by atoms with Crippen LogP contribution in [-0.2, 0) is 9.59 Å². The highest BCUT2D eigenvalue weighted by molar-refractivity contribution is 5.99. The number of carbonyl (C=O) groups is 2. The van der Waals surface area contributed by atoms with Crippen molar-refractivity contribution in [2.24, 2.45) is 0 Å². The zero-order valence-electron chi connectivity index (χ0n) is 16.6. The van der Waals surface area contributed by atoms with Gasteiger partial charge in [0.05, 0.1) is 5.69 Å². The summed E-state index contributed by atoms with van der Waals surface area (Å²) in [5.74, 6) is 1.03. The fraction of sp³-hybridized carbons (Fsp3) is 0.364. The summed E-state index contributed by atoms with van der Waals surface area (Å²) in [6.07, 6.45) is 1.90. The Morgan fingerprint density at radius 2 is 2.07 bits per heavy atom. The Hall–Kier alpha value is -3.02. The summed E-state index contributed by atoms with van der Waals surface area (Å²) in [5.41, 5.74) is 3.43. The molecule has 0 spiro atoms. The molecule has 1 aliphatic rings. The quantitative estimate of drug-likeness (QED) is 0.790. The monoisotopic (exact) mass is 382 g/mol. The number of rotatable bonds is 7. The first-order valence-corrected chi connectivity index (χ1v) is 9.55. The van der Waals surface area contributed by atoms with E-state index >= 15 is 0 Å². The molecule has 1 aliphatic heterocycles. The van der Waals surface area contributed by atoms with Gasteiger partial charge in [0.25, 0.3) is 11.8 Å². The number of benzene rings is 2. The van der Waals surface area contributed by atoms with Crippen LogP contribution in [0.4, 0.5) is 11.4 Å². The Morgan fingerprint density at radius 3 is 2.86 bits per heavy atom. The lowest BCUT2D eigenvalue weighted by Gasteiger charge is -2.29. The molecule has 0 bridgehead atoms. The normalized spacial score (nSPS) is 13.0. The SMILES string of the molecule is CCCCN1C(=O)COc2ccc(NC(=O)COc3cccc(C)c3C)cc21. The first-order chi connectivity index (χ1) is 13.5. The molecule has 0 radical (unpaired) electrons. The second-order valence-corrected chi connectivity index (χ2v) is 6.91. The van der Waals surface area contributed by atoms with Gasteiger partial charge in [-0.25, -0.2) is 0 Å². The van der Waals surface area contributed by atoms with Gasteiger partial charge in [0, 0.05) is 12.2 Å².